The number of rotatable bonds is 2. The number of hydrogen-bond acceptors (Lipinski definition) is 2. The Morgan fingerprint density at radius 1 is 1.18 bits per heavy atom. The van der Waals surface area contributed by atoms with E-state index < -0.39 is 0 Å². The van der Waals surface area contributed by atoms with Crippen LogP contribution in [0.15, 0.2) is 24.4 Å². The highest BCUT2D eigenvalue weighted by Gasteiger charge is 2.21. The summed E-state index contributed by atoms with van der Waals surface area (Å²) in [6, 6.07) is 6.34. The summed E-state index contributed by atoms with van der Waals surface area (Å²) >= 11 is 0. The van der Waals surface area contributed by atoms with Crippen molar-refractivity contribution in [3.63, 3.8) is 0 Å². The highest BCUT2D eigenvalue weighted by atomic mass is 14.8. The largest absolute Gasteiger partial charge is 0.383 e. The van der Waals surface area contributed by atoms with Crippen molar-refractivity contribution in [2.45, 2.75) is 39.5 Å². The van der Waals surface area contributed by atoms with Crippen LogP contribution < -0.4 is 5.73 Å². The molecule has 0 aliphatic carbocycles. The summed E-state index contributed by atoms with van der Waals surface area (Å²) in [5, 5.41) is 2.28. The molecular formula is C15H20N2. The maximum absolute atomic E-state index is 5.91. The van der Waals surface area contributed by atoms with Crippen molar-refractivity contribution in [2.75, 3.05) is 5.73 Å². The van der Waals surface area contributed by atoms with Gasteiger partial charge in [-0.05, 0) is 41.3 Å². The second kappa shape index (κ2) is 4.02. The van der Waals surface area contributed by atoms with Gasteiger partial charge in [0.05, 0.1) is 0 Å². The molecule has 0 amide bonds. The molecule has 1 aromatic carbocycles. The average Bonchev–Trinajstić information content (AvgIpc) is 2.30. The molecule has 0 aliphatic rings. The maximum atomic E-state index is 5.91. The van der Waals surface area contributed by atoms with Gasteiger partial charge in [0, 0.05) is 11.6 Å². The van der Waals surface area contributed by atoms with Gasteiger partial charge in [0.2, 0.25) is 0 Å². The Morgan fingerprint density at radius 2 is 1.88 bits per heavy atom. The molecule has 2 heteroatoms. The second-order valence-electron chi connectivity index (χ2n) is 5.27. The molecule has 2 nitrogen and oxygen atoms in total. The van der Waals surface area contributed by atoms with Gasteiger partial charge >= 0.3 is 0 Å². The van der Waals surface area contributed by atoms with Crippen LogP contribution in [0.4, 0.5) is 5.82 Å². The molecule has 2 aromatic rings. The summed E-state index contributed by atoms with van der Waals surface area (Å²) in [5.74, 6) is 0.617. The van der Waals surface area contributed by atoms with Crippen LogP contribution in [-0.4, -0.2) is 4.98 Å². The van der Waals surface area contributed by atoms with E-state index in [4.69, 9.17) is 5.73 Å². The molecule has 2 N–H and O–H groups in total. The van der Waals surface area contributed by atoms with Crippen molar-refractivity contribution in [2.24, 2.45) is 0 Å². The molecule has 2 rings (SSSR count). The molecule has 0 aliphatic heterocycles. The third-order valence-electron chi connectivity index (χ3n) is 3.86. The van der Waals surface area contributed by atoms with E-state index in [1.807, 2.05) is 0 Å². The van der Waals surface area contributed by atoms with Gasteiger partial charge in [-0.2, -0.15) is 0 Å². The highest BCUT2D eigenvalue weighted by molar-refractivity contribution is 5.93. The Morgan fingerprint density at radius 3 is 2.53 bits per heavy atom. The molecule has 1 heterocycles. The quantitative estimate of drug-likeness (QED) is 0.848. The van der Waals surface area contributed by atoms with Crippen molar-refractivity contribution in [1.82, 2.24) is 4.98 Å². The van der Waals surface area contributed by atoms with E-state index in [1.54, 1.807) is 6.20 Å². The lowest BCUT2D eigenvalue weighted by atomic mass is 9.79. The number of hydrogen-bond donors (Lipinski definition) is 1. The molecule has 0 saturated carbocycles. The Balaban J connectivity index is 2.75. The van der Waals surface area contributed by atoms with Crippen LogP contribution in [0.5, 0.6) is 0 Å². The minimum absolute atomic E-state index is 0.205. The summed E-state index contributed by atoms with van der Waals surface area (Å²) in [5.41, 5.74) is 8.83. The Labute approximate surface area is 103 Å². The topological polar surface area (TPSA) is 38.9 Å². The number of nitrogens with two attached hydrogens (primary N) is 1. The predicted octanol–water partition coefficient (Wildman–Crippen LogP) is 3.81. The fourth-order valence-corrected chi connectivity index (χ4v) is 2.35. The SMILES string of the molecule is CCC(C)(C)c1ccc2c(N)nccc2c1C. The Bertz CT molecular complexity index is 556. The van der Waals surface area contributed by atoms with Gasteiger partial charge in [-0.3, -0.25) is 0 Å². The molecule has 0 bridgehead atoms. The van der Waals surface area contributed by atoms with Crippen molar-refractivity contribution < 1.29 is 0 Å². The van der Waals surface area contributed by atoms with Crippen LogP contribution in [0.2, 0.25) is 0 Å². The van der Waals surface area contributed by atoms with Crippen molar-refractivity contribution in [1.29, 1.82) is 0 Å². The summed E-state index contributed by atoms with van der Waals surface area (Å²) in [6.07, 6.45) is 2.91. The molecule has 0 unspecified atom stereocenters. The van der Waals surface area contributed by atoms with Crippen LogP contribution in [0.25, 0.3) is 10.8 Å². The molecule has 0 spiro atoms. The fourth-order valence-electron chi connectivity index (χ4n) is 2.35. The molecule has 0 atom stereocenters. The predicted molar refractivity (Wildman–Crippen MR) is 74.2 cm³/mol. The molecule has 17 heavy (non-hydrogen) atoms. The minimum atomic E-state index is 0.205. The smallest absolute Gasteiger partial charge is 0.131 e. The van der Waals surface area contributed by atoms with Crippen LogP contribution in [-0.2, 0) is 5.41 Å². The van der Waals surface area contributed by atoms with E-state index in [-0.39, 0.29) is 5.41 Å². The van der Waals surface area contributed by atoms with Gasteiger partial charge in [-0.15, -0.1) is 0 Å². The van der Waals surface area contributed by atoms with E-state index in [1.165, 1.54) is 16.5 Å². The third-order valence-corrected chi connectivity index (χ3v) is 3.86. The van der Waals surface area contributed by atoms with Gasteiger partial charge in [0.1, 0.15) is 5.82 Å². The first-order valence-corrected chi connectivity index (χ1v) is 6.11. The molecule has 0 radical (unpaired) electrons. The van der Waals surface area contributed by atoms with E-state index in [0.717, 1.165) is 11.8 Å². The standard InChI is InChI=1S/C15H20N2/c1-5-15(3,4)13-7-6-12-11(10(13)2)8-9-17-14(12)16/h6-9H,5H2,1-4H3,(H2,16,17). The fraction of sp³-hybridized carbons (Fsp3) is 0.400. The normalized spacial score (nSPS) is 12.0. The number of anilines is 1. The van der Waals surface area contributed by atoms with Crippen molar-refractivity contribution >= 4 is 16.6 Å². The summed E-state index contributed by atoms with van der Waals surface area (Å²) in [6.45, 7) is 8.97. The second-order valence-corrected chi connectivity index (χ2v) is 5.27. The zero-order chi connectivity index (χ0) is 12.6. The lowest BCUT2D eigenvalue weighted by Crippen LogP contribution is -2.17. The molecule has 1 aromatic heterocycles. The molecule has 0 saturated heterocycles. The van der Waals surface area contributed by atoms with Gasteiger partial charge in [-0.25, -0.2) is 4.98 Å². The minimum Gasteiger partial charge on any atom is -0.383 e. The van der Waals surface area contributed by atoms with E-state index >= 15 is 0 Å². The van der Waals surface area contributed by atoms with E-state index in [0.29, 0.717) is 5.82 Å². The first-order valence-electron chi connectivity index (χ1n) is 6.11. The first kappa shape index (κ1) is 11.9. The van der Waals surface area contributed by atoms with Crippen LogP contribution in [0.1, 0.15) is 38.3 Å². The molecule has 90 valence electrons. The Kier molecular flexibility index (Phi) is 2.82. The zero-order valence-corrected chi connectivity index (χ0v) is 11.0. The van der Waals surface area contributed by atoms with Crippen LogP contribution in [0, 0.1) is 6.92 Å². The van der Waals surface area contributed by atoms with Gasteiger partial charge in [0.25, 0.3) is 0 Å². The number of nitrogens with zero attached hydrogens (tertiary/aromatic N) is 1. The number of benzene rings is 1. The maximum Gasteiger partial charge on any atom is 0.131 e. The summed E-state index contributed by atoms with van der Waals surface area (Å²) < 4.78 is 0. The Hall–Kier alpha value is -1.57. The first-order chi connectivity index (χ1) is 7.97. The highest BCUT2D eigenvalue weighted by Crippen LogP contribution is 2.34. The third kappa shape index (κ3) is 1.88. The average molecular weight is 228 g/mol. The summed E-state index contributed by atoms with van der Waals surface area (Å²) in [7, 11) is 0. The zero-order valence-electron chi connectivity index (χ0n) is 11.0. The van der Waals surface area contributed by atoms with Crippen LogP contribution in [0.3, 0.4) is 0 Å². The van der Waals surface area contributed by atoms with E-state index in [2.05, 4.69) is 50.9 Å². The lowest BCUT2D eigenvalue weighted by molar-refractivity contribution is 0.504. The number of fused-ring (bicyclic) bond motifs is 1. The van der Waals surface area contributed by atoms with Crippen LogP contribution >= 0.6 is 0 Å². The summed E-state index contributed by atoms with van der Waals surface area (Å²) in [4.78, 5) is 4.14. The lowest BCUT2D eigenvalue weighted by Gasteiger charge is -2.26. The number of nitrogen functional groups attached to an aromatic ring is 1. The molecular weight excluding hydrogens is 208 g/mol. The number of pyridine rings is 1. The monoisotopic (exact) mass is 228 g/mol. The van der Waals surface area contributed by atoms with Gasteiger partial charge in [-0.1, -0.05) is 32.9 Å². The van der Waals surface area contributed by atoms with Crippen molar-refractivity contribution in [3.05, 3.63) is 35.5 Å². The van der Waals surface area contributed by atoms with Gasteiger partial charge in [0.15, 0.2) is 0 Å². The molecule has 0 fully saturated rings. The number of aromatic nitrogens is 1. The number of aryl methyl sites for hydroxylation is 1. The van der Waals surface area contributed by atoms with Gasteiger partial charge < -0.3 is 5.73 Å². The van der Waals surface area contributed by atoms with Crippen molar-refractivity contribution in [3.8, 4) is 0 Å². The van der Waals surface area contributed by atoms with E-state index in [9.17, 15) is 0 Å².